The minimum Gasteiger partial charge on any atom is -0.450 e. The van der Waals surface area contributed by atoms with Gasteiger partial charge in [-0.25, -0.2) is 4.79 Å². The van der Waals surface area contributed by atoms with E-state index in [0.717, 1.165) is 13.1 Å². The number of hydrogen-bond donors (Lipinski definition) is 1. The van der Waals surface area contributed by atoms with E-state index in [2.05, 4.69) is 16.8 Å². The Morgan fingerprint density at radius 1 is 1.75 bits per heavy atom. The zero-order valence-corrected chi connectivity index (χ0v) is 10.1. The number of thiophene rings is 1. The maximum absolute atomic E-state index is 11.6. The minimum absolute atomic E-state index is 0.203. The van der Waals surface area contributed by atoms with Crippen molar-refractivity contribution in [3.8, 4) is 0 Å². The molecule has 0 unspecified atom stereocenters. The molecule has 1 aliphatic rings. The van der Waals surface area contributed by atoms with Gasteiger partial charge in [0.25, 0.3) is 0 Å². The van der Waals surface area contributed by atoms with Crippen LogP contribution in [-0.4, -0.2) is 37.2 Å². The molecule has 1 saturated heterocycles. The van der Waals surface area contributed by atoms with Crippen LogP contribution in [0.2, 0.25) is 0 Å². The van der Waals surface area contributed by atoms with Crippen molar-refractivity contribution in [1.82, 2.24) is 10.2 Å². The molecule has 4 nitrogen and oxygen atoms in total. The van der Waals surface area contributed by atoms with Crippen molar-refractivity contribution < 1.29 is 9.53 Å². The molecule has 1 aromatic heterocycles. The predicted molar refractivity (Wildman–Crippen MR) is 63.7 cm³/mol. The summed E-state index contributed by atoms with van der Waals surface area (Å²) < 4.78 is 5.01. The summed E-state index contributed by atoms with van der Waals surface area (Å²) in [6.07, 6.45) is -0.203. The summed E-state index contributed by atoms with van der Waals surface area (Å²) >= 11 is 1.72. The second kappa shape index (κ2) is 5.32. The van der Waals surface area contributed by atoms with E-state index in [1.807, 2.05) is 13.0 Å². The van der Waals surface area contributed by atoms with Crippen LogP contribution < -0.4 is 5.32 Å². The quantitative estimate of drug-likeness (QED) is 0.857. The lowest BCUT2D eigenvalue weighted by Crippen LogP contribution is -2.48. The average Bonchev–Trinajstić information content (AvgIpc) is 2.83. The van der Waals surface area contributed by atoms with E-state index in [-0.39, 0.29) is 12.1 Å². The Labute approximate surface area is 99.2 Å². The van der Waals surface area contributed by atoms with Crippen LogP contribution in [0.5, 0.6) is 0 Å². The van der Waals surface area contributed by atoms with E-state index in [0.29, 0.717) is 13.2 Å². The lowest BCUT2D eigenvalue weighted by molar-refractivity contribution is 0.0951. The molecule has 16 heavy (non-hydrogen) atoms. The van der Waals surface area contributed by atoms with E-state index >= 15 is 0 Å². The second-order valence-electron chi connectivity index (χ2n) is 3.67. The van der Waals surface area contributed by atoms with Crippen LogP contribution in [0.3, 0.4) is 0 Å². The van der Waals surface area contributed by atoms with Crippen molar-refractivity contribution in [2.75, 3.05) is 26.2 Å². The fraction of sp³-hybridized carbons (Fsp3) is 0.545. The fourth-order valence-corrected chi connectivity index (χ4v) is 2.60. The van der Waals surface area contributed by atoms with Crippen LogP contribution in [0.25, 0.3) is 0 Å². The Kier molecular flexibility index (Phi) is 3.79. The average molecular weight is 240 g/mol. The molecule has 1 fully saturated rings. The highest BCUT2D eigenvalue weighted by Crippen LogP contribution is 2.22. The molecule has 2 heterocycles. The van der Waals surface area contributed by atoms with Crippen molar-refractivity contribution in [2.24, 2.45) is 0 Å². The maximum Gasteiger partial charge on any atom is 0.409 e. The fourth-order valence-electron chi connectivity index (χ4n) is 1.81. The van der Waals surface area contributed by atoms with Gasteiger partial charge in [-0.1, -0.05) is 6.07 Å². The molecule has 1 aromatic rings. The van der Waals surface area contributed by atoms with Gasteiger partial charge < -0.3 is 15.0 Å². The molecular formula is C11H16N2O2S. The number of piperazine rings is 1. The Bertz CT molecular complexity index is 340. The zero-order valence-electron chi connectivity index (χ0n) is 9.31. The standard InChI is InChI=1S/C11H16N2O2S/c1-2-15-11(14)13-6-5-12-9(8-13)10-4-3-7-16-10/h3-4,7,9,12H,2,5-6,8H2,1H3/t9-/m1/s1. The van der Waals surface area contributed by atoms with E-state index in [1.54, 1.807) is 16.2 Å². The summed E-state index contributed by atoms with van der Waals surface area (Å²) in [5, 5.41) is 5.47. The van der Waals surface area contributed by atoms with E-state index < -0.39 is 0 Å². The molecule has 0 aromatic carbocycles. The summed E-state index contributed by atoms with van der Waals surface area (Å²) in [6.45, 7) is 4.50. The predicted octanol–water partition coefficient (Wildman–Crippen LogP) is 1.85. The number of carbonyl (C=O) groups is 1. The lowest BCUT2D eigenvalue weighted by atomic mass is 10.2. The van der Waals surface area contributed by atoms with Crippen molar-refractivity contribution in [3.63, 3.8) is 0 Å². The van der Waals surface area contributed by atoms with Crippen LogP contribution in [0, 0.1) is 0 Å². The van der Waals surface area contributed by atoms with Gasteiger partial charge in [-0.3, -0.25) is 0 Å². The van der Waals surface area contributed by atoms with Gasteiger partial charge in [0, 0.05) is 24.5 Å². The first-order valence-electron chi connectivity index (χ1n) is 5.49. The summed E-state index contributed by atoms with van der Waals surface area (Å²) in [7, 11) is 0. The second-order valence-corrected chi connectivity index (χ2v) is 4.65. The summed E-state index contributed by atoms with van der Waals surface area (Å²) in [5.41, 5.74) is 0. The van der Waals surface area contributed by atoms with Crippen LogP contribution in [0.1, 0.15) is 17.8 Å². The summed E-state index contributed by atoms with van der Waals surface area (Å²) in [4.78, 5) is 14.6. The summed E-state index contributed by atoms with van der Waals surface area (Å²) in [6, 6.07) is 4.38. The molecule has 1 N–H and O–H groups in total. The van der Waals surface area contributed by atoms with Gasteiger partial charge in [-0.2, -0.15) is 0 Å². The van der Waals surface area contributed by atoms with Crippen LogP contribution >= 0.6 is 11.3 Å². The number of nitrogens with zero attached hydrogens (tertiary/aromatic N) is 1. The van der Waals surface area contributed by atoms with Gasteiger partial charge in [-0.05, 0) is 18.4 Å². The minimum atomic E-state index is -0.203. The first kappa shape index (κ1) is 11.4. The molecule has 0 saturated carbocycles. The van der Waals surface area contributed by atoms with Crippen LogP contribution in [0.4, 0.5) is 4.79 Å². The molecule has 1 atom stereocenters. The van der Waals surface area contributed by atoms with E-state index in [4.69, 9.17) is 4.74 Å². The van der Waals surface area contributed by atoms with Gasteiger partial charge in [0.15, 0.2) is 0 Å². The highest BCUT2D eigenvalue weighted by atomic mass is 32.1. The van der Waals surface area contributed by atoms with Crippen LogP contribution in [0.15, 0.2) is 17.5 Å². The zero-order chi connectivity index (χ0) is 11.4. The van der Waals surface area contributed by atoms with Crippen molar-refractivity contribution >= 4 is 17.4 Å². The van der Waals surface area contributed by atoms with E-state index in [9.17, 15) is 4.79 Å². The van der Waals surface area contributed by atoms with Gasteiger partial charge >= 0.3 is 6.09 Å². The number of rotatable bonds is 2. The molecule has 0 radical (unpaired) electrons. The van der Waals surface area contributed by atoms with E-state index in [1.165, 1.54) is 4.88 Å². The Morgan fingerprint density at radius 2 is 2.62 bits per heavy atom. The Balaban J connectivity index is 1.96. The van der Waals surface area contributed by atoms with Gasteiger partial charge in [0.1, 0.15) is 0 Å². The number of ether oxygens (including phenoxy) is 1. The number of carbonyl (C=O) groups excluding carboxylic acids is 1. The molecule has 5 heteroatoms. The third kappa shape index (κ3) is 2.54. The highest BCUT2D eigenvalue weighted by Gasteiger charge is 2.25. The number of nitrogens with one attached hydrogen (secondary N) is 1. The number of amides is 1. The molecule has 88 valence electrons. The van der Waals surface area contributed by atoms with Crippen LogP contribution in [-0.2, 0) is 4.74 Å². The Hall–Kier alpha value is -1.07. The molecular weight excluding hydrogens is 224 g/mol. The molecule has 1 amide bonds. The third-order valence-corrected chi connectivity index (χ3v) is 3.57. The molecule has 0 spiro atoms. The molecule has 0 bridgehead atoms. The van der Waals surface area contributed by atoms with Crippen molar-refractivity contribution in [1.29, 1.82) is 0 Å². The molecule has 0 aliphatic carbocycles. The van der Waals surface area contributed by atoms with Gasteiger partial charge in [-0.15, -0.1) is 11.3 Å². The topological polar surface area (TPSA) is 41.6 Å². The lowest BCUT2D eigenvalue weighted by Gasteiger charge is -2.32. The Morgan fingerprint density at radius 3 is 3.31 bits per heavy atom. The number of hydrogen-bond acceptors (Lipinski definition) is 4. The molecule has 1 aliphatic heterocycles. The highest BCUT2D eigenvalue weighted by molar-refractivity contribution is 7.10. The monoisotopic (exact) mass is 240 g/mol. The van der Waals surface area contributed by atoms with Crippen molar-refractivity contribution in [2.45, 2.75) is 13.0 Å². The summed E-state index contributed by atoms with van der Waals surface area (Å²) in [5.74, 6) is 0. The van der Waals surface area contributed by atoms with Gasteiger partial charge in [0.2, 0.25) is 0 Å². The first-order chi connectivity index (χ1) is 7.81. The third-order valence-electron chi connectivity index (χ3n) is 2.59. The normalized spacial score (nSPS) is 20.8. The largest absolute Gasteiger partial charge is 0.450 e. The molecule has 2 rings (SSSR count). The maximum atomic E-state index is 11.6. The smallest absolute Gasteiger partial charge is 0.409 e. The SMILES string of the molecule is CCOC(=O)N1CCN[C@@H](c2cccs2)C1. The van der Waals surface area contributed by atoms with Crippen molar-refractivity contribution in [3.05, 3.63) is 22.4 Å². The first-order valence-corrected chi connectivity index (χ1v) is 6.37. The van der Waals surface area contributed by atoms with Gasteiger partial charge in [0.05, 0.1) is 12.6 Å².